The summed E-state index contributed by atoms with van der Waals surface area (Å²) < 4.78 is 10.5. The molecule has 0 atom stereocenters. The highest BCUT2D eigenvalue weighted by Crippen LogP contribution is 2.30. The summed E-state index contributed by atoms with van der Waals surface area (Å²) in [6, 6.07) is 5.59. The molecule has 17 heavy (non-hydrogen) atoms. The molecular weight excluding hydrogens is 218 g/mol. The Hall–Kier alpha value is -1.71. The first-order valence-electron chi connectivity index (χ1n) is 5.74. The molecule has 0 unspecified atom stereocenters. The van der Waals surface area contributed by atoms with Gasteiger partial charge in [0.25, 0.3) is 0 Å². The number of hydrogen-bond acceptors (Lipinski definition) is 3. The average molecular weight is 235 g/mol. The minimum atomic E-state index is 0.123. The van der Waals surface area contributed by atoms with Crippen LogP contribution in [-0.2, 0) is 11.3 Å². The predicted octanol–water partition coefficient (Wildman–Crippen LogP) is 1.73. The van der Waals surface area contributed by atoms with Crippen molar-refractivity contribution in [3.63, 3.8) is 0 Å². The summed E-state index contributed by atoms with van der Waals surface area (Å²) in [6.07, 6.45) is 2.02. The molecule has 0 saturated heterocycles. The third kappa shape index (κ3) is 2.70. The highest BCUT2D eigenvalue weighted by atomic mass is 16.5. The molecule has 2 rings (SSSR count). The Kier molecular flexibility index (Phi) is 3.52. The Balaban J connectivity index is 2.09. The zero-order valence-electron chi connectivity index (χ0n) is 10.2. The lowest BCUT2D eigenvalue weighted by Gasteiger charge is -2.13. The molecule has 0 aliphatic heterocycles. The molecule has 4 nitrogen and oxygen atoms in total. The van der Waals surface area contributed by atoms with Crippen molar-refractivity contribution < 1.29 is 14.3 Å². The minimum Gasteiger partial charge on any atom is -0.496 e. The summed E-state index contributed by atoms with van der Waals surface area (Å²) in [5, 5.41) is 2.91. The monoisotopic (exact) mass is 235 g/mol. The highest BCUT2D eigenvalue weighted by molar-refractivity contribution is 5.80. The third-order valence-electron chi connectivity index (χ3n) is 2.92. The predicted molar refractivity (Wildman–Crippen MR) is 64.1 cm³/mol. The molecule has 1 fully saturated rings. The maximum Gasteiger partial charge on any atom is 0.223 e. The van der Waals surface area contributed by atoms with E-state index in [1.807, 2.05) is 18.2 Å². The lowest BCUT2D eigenvalue weighted by atomic mass is 10.1. The molecule has 1 aliphatic carbocycles. The van der Waals surface area contributed by atoms with Gasteiger partial charge >= 0.3 is 0 Å². The number of ether oxygens (including phenoxy) is 2. The number of methoxy groups -OCH3 is 2. The molecule has 0 bridgehead atoms. The molecule has 1 saturated carbocycles. The fraction of sp³-hybridized carbons (Fsp3) is 0.462. The van der Waals surface area contributed by atoms with E-state index in [1.54, 1.807) is 14.2 Å². The van der Waals surface area contributed by atoms with Gasteiger partial charge in [-0.1, -0.05) is 6.07 Å². The van der Waals surface area contributed by atoms with Crippen molar-refractivity contribution in [1.29, 1.82) is 0 Å². The highest BCUT2D eigenvalue weighted by Gasteiger charge is 2.29. The van der Waals surface area contributed by atoms with Gasteiger partial charge in [0.1, 0.15) is 11.5 Å². The number of carbonyl (C=O) groups is 1. The second-order valence-corrected chi connectivity index (χ2v) is 4.13. The lowest BCUT2D eigenvalue weighted by Crippen LogP contribution is -2.24. The van der Waals surface area contributed by atoms with Gasteiger partial charge in [0.2, 0.25) is 5.91 Å². The minimum absolute atomic E-state index is 0.123. The first kappa shape index (κ1) is 11.8. The van der Waals surface area contributed by atoms with Crippen LogP contribution in [-0.4, -0.2) is 20.1 Å². The molecule has 0 radical (unpaired) electrons. The summed E-state index contributed by atoms with van der Waals surface area (Å²) in [5.74, 6) is 1.81. The number of nitrogens with one attached hydrogen (secondary N) is 1. The van der Waals surface area contributed by atoms with Crippen molar-refractivity contribution in [2.24, 2.45) is 5.92 Å². The smallest absolute Gasteiger partial charge is 0.223 e. The van der Waals surface area contributed by atoms with Gasteiger partial charge in [0.05, 0.1) is 26.3 Å². The summed E-state index contributed by atoms with van der Waals surface area (Å²) >= 11 is 0. The topological polar surface area (TPSA) is 47.6 Å². The van der Waals surface area contributed by atoms with Crippen molar-refractivity contribution in [1.82, 2.24) is 5.32 Å². The maximum absolute atomic E-state index is 11.6. The van der Waals surface area contributed by atoms with E-state index in [9.17, 15) is 4.79 Å². The number of hydrogen-bond donors (Lipinski definition) is 1. The molecule has 1 N–H and O–H groups in total. The van der Waals surface area contributed by atoms with Crippen LogP contribution in [0.25, 0.3) is 0 Å². The normalized spacial score (nSPS) is 14.2. The first-order chi connectivity index (χ1) is 8.26. The molecule has 1 aromatic rings. The molecule has 1 amide bonds. The molecule has 0 spiro atoms. The number of rotatable bonds is 5. The summed E-state index contributed by atoms with van der Waals surface area (Å²) in [7, 11) is 3.22. The Labute approximate surface area is 101 Å². The van der Waals surface area contributed by atoms with Gasteiger partial charge in [-0.25, -0.2) is 0 Å². The van der Waals surface area contributed by atoms with Crippen LogP contribution in [0, 0.1) is 5.92 Å². The van der Waals surface area contributed by atoms with Crippen LogP contribution < -0.4 is 14.8 Å². The largest absolute Gasteiger partial charge is 0.496 e. The number of benzene rings is 1. The second kappa shape index (κ2) is 5.08. The Morgan fingerprint density at radius 2 is 1.88 bits per heavy atom. The van der Waals surface area contributed by atoms with Crippen LogP contribution in [0.15, 0.2) is 18.2 Å². The van der Waals surface area contributed by atoms with E-state index < -0.39 is 0 Å². The van der Waals surface area contributed by atoms with Crippen LogP contribution >= 0.6 is 0 Å². The van der Waals surface area contributed by atoms with Gasteiger partial charge in [-0.15, -0.1) is 0 Å². The Morgan fingerprint density at radius 1 is 1.29 bits per heavy atom. The van der Waals surface area contributed by atoms with Crippen molar-refractivity contribution >= 4 is 5.91 Å². The fourth-order valence-corrected chi connectivity index (χ4v) is 1.77. The lowest BCUT2D eigenvalue weighted by molar-refractivity contribution is -0.122. The van der Waals surface area contributed by atoms with Gasteiger partial charge in [-0.3, -0.25) is 4.79 Å². The van der Waals surface area contributed by atoms with E-state index in [0.29, 0.717) is 6.54 Å². The van der Waals surface area contributed by atoms with E-state index in [2.05, 4.69) is 5.32 Å². The number of carbonyl (C=O) groups excluding carboxylic acids is 1. The zero-order valence-corrected chi connectivity index (χ0v) is 10.2. The van der Waals surface area contributed by atoms with Crippen LogP contribution in [0.2, 0.25) is 0 Å². The summed E-state index contributed by atoms with van der Waals surface area (Å²) in [4.78, 5) is 11.6. The van der Waals surface area contributed by atoms with Gasteiger partial charge in [0.15, 0.2) is 0 Å². The van der Waals surface area contributed by atoms with Gasteiger partial charge in [0, 0.05) is 5.92 Å². The molecule has 92 valence electrons. The van der Waals surface area contributed by atoms with Crippen LogP contribution in [0.5, 0.6) is 11.5 Å². The van der Waals surface area contributed by atoms with E-state index >= 15 is 0 Å². The van der Waals surface area contributed by atoms with Crippen LogP contribution in [0.4, 0.5) is 0 Å². The Bertz CT molecular complexity index is 391. The standard InChI is InChI=1S/C13H17NO3/c1-16-11-4-3-5-12(17-2)10(11)8-14-13(15)9-6-7-9/h3-5,9H,6-8H2,1-2H3,(H,14,15). The molecule has 1 aromatic carbocycles. The molecule has 0 heterocycles. The van der Waals surface area contributed by atoms with E-state index in [1.165, 1.54) is 0 Å². The SMILES string of the molecule is COc1cccc(OC)c1CNC(=O)C1CC1. The molecule has 1 aliphatic rings. The van der Waals surface area contributed by atoms with Gasteiger partial charge < -0.3 is 14.8 Å². The maximum atomic E-state index is 11.6. The van der Waals surface area contributed by atoms with E-state index in [-0.39, 0.29) is 11.8 Å². The average Bonchev–Trinajstić information content (AvgIpc) is 3.19. The van der Waals surface area contributed by atoms with Gasteiger partial charge in [-0.05, 0) is 25.0 Å². The second-order valence-electron chi connectivity index (χ2n) is 4.13. The van der Waals surface area contributed by atoms with Crippen molar-refractivity contribution in [2.75, 3.05) is 14.2 Å². The van der Waals surface area contributed by atoms with Crippen molar-refractivity contribution in [2.45, 2.75) is 19.4 Å². The van der Waals surface area contributed by atoms with Crippen LogP contribution in [0.1, 0.15) is 18.4 Å². The molecule has 0 aromatic heterocycles. The molecular formula is C13H17NO3. The fourth-order valence-electron chi connectivity index (χ4n) is 1.77. The van der Waals surface area contributed by atoms with Crippen molar-refractivity contribution in [3.05, 3.63) is 23.8 Å². The summed E-state index contributed by atoms with van der Waals surface area (Å²) in [6.45, 7) is 0.447. The van der Waals surface area contributed by atoms with Crippen LogP contribution in [0.3, 0.4) is 0 Å². The van der Waals surface area contributed by atoms with E-state index in [0.717, 1.165) is 29.9 Å². The molecule has 4 heteroatoms. The zero-order chi connectivity index (χ0) is 12.3. The number of amides is 1. The summed E-state index contributed by atoms with van der Waals surface area (Å²) in [5.41, 5.74) is 0.881. The third-order valence-corrected chi connectivity index (χ3v) is 2.92. The van der Waals surface area contributed by atoms with Crippen molar-refractivity contribution in [3.8, 4) is 11.5 Å². The first-order valence-corrected chi connectivity index (χ1v) is 5.74. The Morgan fingerprint density at radius 3 is 2.35 bits per heavy atom. The van der Waals surface area contributed by atoms with Gasteiger partial charge in [-0.2, -0.15) is 0 Å². The quantitative estimate of drug-likeness (QED) is 0.845. The van der Waals surface area contributed by atoms with E-state index in [4.69, 9.17) is 9.47 Å².